The van der Waals surface area contributed by atoms with Crippen molar-refractivity contribution >= 4 is 44.3 Å². The molecule has 212 valence electrons. The molecule has 0 bridgehead atoms. The minimum Gasteiger partial charge on any atom is -0.355 e. The second-order valence-electron chi connectivity index (χ2n) is 9.32. The molecule has 0 aliphatic rings. The lowest BCUT2D eigenvalue weighted by atomic mass is 10.1. The second-order valence-corrected chi connectivity index (χ2v) is 12.5. The summed E-state index contributed by atoms with van der Waals surface area (Å²) in [4.78, 5) is 20.7. The van der Waals surface area contributed by atoms with E-state index < -0.39 is 16.3 Å². The number of aryl methyl sites for hydroxylation is 2. The number of fused-ring (bicyclic) bond motifs is 1. The monoisotopic (exact) mass is 582 g/mol. The molecule has 11 heteroatoms. The van der Waals surface area contributed by atoms with Crippen molar-refractivity contribution in [3.63, 3.8) is 0 Å². The van der Waals surface area contributed by atoms with Crippen molar-refractivity contribution < 1.29 is 22.7 Å². The van der Waals surface area contributed by atoms with Crippen LogP contribution in [0.4, 0.5) is 5.69 Å². The number of nitrogens with zero attached hydrogens (tertiary/aromatic N) is 2. The van der Waals surface area contributed by atoms with Crippen molar-refractivity contribution in [1.82, 2.24) is 15.3 Å². The fraction of sp³-hybridized carbons (Fsp3) is 0.310. The molecular weight excluding hydrogens is 548 g/mol. The first-order valence-electron chi connectivity index (χ1n) is 12.7. The second kappa shape index (κ2) is 12.9. The van der Waals surface area contributed by atoms with E-state index in [4.69, 9.17) is 9.47 Å². The van der Waals surface area contributed by atoms with Crippen LogP contribution >= 0.6 is 11.8 Å². The van der Waals surface area contributed by atoms with Crippen LogP contribution in [0.2, 0.25) is 0 Å². The Labute approximate surface area is 239 Å². The van der Waals surface area contributed by atoms with Crippen molar-refractivity contribution in [1.29, 1.82) is 0 Å². The van der Waals surface area contributed by atoms with Crippen LogP contribution in [-0.2, 0) is 25.2 Å². The average molecular weight is 583 g/mol. The largest absolute Gasteiger partial charge is 0.355 e. The van der Waals surface area contributed by atoms with E-state index in [9.17, 15) is 13.2 Å². The van der Waals surface area contributed by atoms with Gasteiger partial charge in [0.15, 0.2) is 6.29 Å². The Morgan fingerprint density at radius 2 is 1.80 bits per heavy atom. The van der Waals surface area contributed by atoms with Gasteiger partial charge in [0.05, 0.1) is 22.1 Å². The molecule has 2 aromatic carbocycles. The first kappa shape index (κ1) is 29.6. The molecule has 1 amide bonds. The number of amides is 1. The van der Waals surface area contributed by atoms with Crippen LogP contribution in [0.25, 0.3) is 10.9 Å². The van der Waals surface area contributed by atoms with E-state index in [0.717, 1.165) is 22.3 Å². The number of rotatable bonds is 12. The standard InChI is InChI=1S/C29H34N4O5S2/c1-19-13-14-24(33(3)40(35,36)26-12-9-15-30-20(26)2)27-22(19)16-23(32-27)28(34)31-17-25(29(37-4)38-5)39-18-21-10-7-6-8-11-21/h6-16,25,29,32H,17-18H2,1-5H3,(H,31,34). The highest BCUT2D eigenvalue weighted by Gasteiger charge is 2.27. The summed E-state index contributed by atoms with van der Waals surface area (Å²) in [7, 11) is 0.762. The Balaban J connectivity index is 1.57. The molecule has 0 saturated carbocycles. The molecule has 9 nitrogen and oxygen atoms in total. The van der Waals surface area contributed by atoms with E-state index >= 15 is 0 Å². The average Bonchev–Trinajstić information content (AvgIpc) is 3.42. The Hall–Kier alpha value is -3.38. The van der Waals surface area contributed by atoms with E-state index in [-0.39, 0.29) is 16.1 Å². The van der Waals surface area contributed by atoms with E-state index in [2.05, 4.69) is 27.4 Å². The Bertz CT molecular complexity index is 1570. The number of carbonyl (C=O) groups excluding carboxylic acids is 1. The van der Waals surface area contributed by atoms with E-state index in [1.165, 1.54) is 17.4 Å². The summed E-state index contributed by atoms with van der Waals surface area (Å²) < 4.78 is 39.1. The summed E-state index contributed by atoms with van der Waals surface area (Å²) in [5.74, 6) is 0.419. The molecule has 1 unspecified atom stereocenters. The highest BCUT2D eigenvalue weighted by atomic mass is 32.2. The third-order valence-corrected chi connectivity index (χ3v) is 9.93. The molecule has 40 heavy (non-hydrogen) atoms. The summed E-state index contributed by atoms with van der Waals surface area (Å²) in [6.07, 6.45) is 1.04. The van der Waals surface area contributed by atoms with Gasteiger partial charge in [0.25, 0.3) is 15.9 Å². The maximum Gasteiger partial charge on any atom is 0.267 e. The lowest BCUT2D eigenvalue weighted by Crippen LogP contribution is -2.39. The molecule has 0 radical (unpaired) electrons. The quantitative estimate of drug-likeness (QED) is 0.234. The highest BCUT2D eigenvalue weighted by Crippen LogP contribution is 2.32. The molecule has 0 saturated heterocycles. The number of aromatic amines is 1. The molecule has 1 atom stereocenters. The molecule has 0 spiro atoms. The van der Waals surface area contributed by atoms with Crippen LogP contribution in [0, 0.1) is 13.8 Å². The molecule has 4 aromatic rings. The van der Waals surface area contributed by atoms with Crippen molar-refractivity contribution in [3.05, 3.63) is 89.4 Å². The number of sulfonamides is 1. The van der Waals surface area contributed by atoms with Gasteiger partial charge in [-0.05, 0) is 49.2 Å². The number of hydrogen-bond acceptors (Lipinski definition) is 7. The smallest absolute Gasteiger partial charge is 0.267 e. The van der Waals surface area contributed by atoms with Gasteiger partial charge in [0.1, 0.15) is 10.6 Å². The fourth-order valence-corrected chi connectivity index (χ4v) is 7.01. The van der Waals surface area contributed by atoms with Crippen LogP contribution in [-0.4, -0.2) is 63.6 Å². The van der Waals surface area contributed by atoms with Crippen LogP contribution in [0.3, 0.4) is 0 Å². The molecule has 0 aliphatic heterocycles. The molecule has 4 rings (SSSR count). The number of aromatic nitrogens is 2. The zero-order valence-corrected chi connectivity index (χ0v) is 24.8. The normalized spacial score (nSPS) is 12.6. The van der Waals surface area contributed by atoms with Crippen molar-refractivity contribution in [2.24, 2.45) is 0 Å². The van der Waals surface area contributed by atoms with Crippen LogP contribution in [0.1, 0.15) is 27.3 Å². The van der Waals surface area contributed by atoms with Gasteiger partial charge in [-0.3, -0.25) is 14.1 Å². The van der Waals surface area contributed by atoms with Gasteiger partial charge in [0.2, 0.25) is 0 Å². The highest BCUT2D eigenvalue weighted by molar-refractivity contribution is 7.99. The number of pyridine rings is 1. The van der Waals surface area contributed by atoms with Gasteiger partial charge < -0.3 is 19.8 Å². The predicted molar refractivity (Wildman–Crippen MR) is 159 cm³/mol. The lowest BCUT2D eigenvalue weighted by Gasteiger charge is -2.24. The van der Waals surface area contributed by atoms with Gasteiger partial charge in [0, 0.05) is 45.1 Å². The first-order chi connectivity index (χ1) is 19.2. The molecular formula is C29H34N4O5S2. The van der Waals surface area contributed by atoms with Crippen molar-refractivity contribution in [2.45, 2.75) is 36.0 Å². The Morgan fingerprint density at radius 1 is 1.07 bits per heavy atom. The number of anilines is 1. The molecule has 0 fully saturated rings. The number of thioether (sulfide) groups is 1. The third-order valence-electron chi connectivity index (χ3n) is 6.71. The maximum atomic E-state index is 13.5. The zero-order chi connectivity index (χ0) is 28.9. The van der Waals surface area contributed by atoms with Gasteiger partial charge in [-0.15, -0.1) is 11.8 Å². The number of methoxy groups -OCH3 is 2. The first-order valence-corrected chi connectivity index (χ1v) is 15.2. The fourth-order valence-electron chi connectivity index (χ4n) is 4.45. The van der Waals surface area contributed by atoms with E-state index in [1.54, 1.807) is 57.3 Å². The summed E-state index contributed by atoms with van der Waals surface area (Å²) in [5.41, 5.74) is 3.79. The van der Waals surface area contributed by atoms with Gasteiger partial charge >= 0.3 is 0 Å². The minimum atomic E-state index is -3.88. The minimum absolute atomic E-state index is 0.126. The molecule has 2 heterocycles. The number of benzene rings is 2. The van der Waals surface area contributed by atoms with Crippen LogP contribution in [0.5, 0.6) is 0 Å². The third kappa shape index (κ3) is 6.33. The van der Waals surface area contributed by atoms with E-state index in [0.29, 0.717) is 29.1 Å². The predicted octanol–water partition coefficient (Wildman–Crippen LogP) is 4.66. The number of nitrogens with one attached hydrogen (secondary N) is 2. The maximum absolute atomic E-state index is 13.5. The number of H-pyrrole nitrogens is 1. The number of carbonyl (C=O) groups is 1. The Kier molecular flexibility index (Phi) is 9.52. The molecule has 2 aromatic heterocycles. The van der Waals surface area contributed by atoms with Crippen LogP contribution in [0.15, 0.2) is 71.8 Å². The number of ether oxygens (including phenoxy) is 2. The lowest BCUT2D eigenvalue weighted by molar-refractivity contribution is -0.101. The summed E-state index contributed by atoms with van der Waals surface area (Å²) in [5, 5.41) is 3.58. The van der Waals surface area contributed by atoms with Crippen molar-refractivity contribution in [3.8, 4) is 0 Å². The van der Waals surface area contributed by atoms with Crippen molar-refractivity contribution in [2.75, 3.05) is 32.1 Å². The van der Waals surface area contributed by atoms with Gasteiger partial charge in [-0.1, -0.05) is 36.4 Å². The van der Waals surface area contributed by atoms with Crippen LogP contribution < -0.4 is 9.62 Å². The topological polar surface area (TPSA) is 114 Å². The van der Waals surface area contributed by atoms with Gasteiger partial charge in [-0.2, -0.15) is 0 Å². The summed E-state index contributed by atoms with van der Waals surface area (Å²) in [6.45, 7) is 3.88. The SMILES string of the molecule is COC(OC)C(CNC(=O)c1cc2c(C)ccc(N(C)S(=O)(=O)c3cccnc3C)c2[nH]1)SCc1ccccc1. The summed E-state index contributed by atoms with van der Waals surface area (Å²) in [6, 6.07) is 18.5. The zero-order valence-electron chi connectivity index (χ0n) is 23.2. The molecule has 2 N–H and O–H groups in total. The van der Waals surface area contributed by atoms with E-state index in [1.807, 2.05) is 31.2 Å². The van der Waals surface area contributed by atoms with Gasteiger partial charge in [-0.25, -0.2) is 8.42 Å². The Morgan fingerprint density at radius 3 is 2.48 bits per heavy atom. The summed E-state index contributed by atoms with van der Waals surface area (Å²) >= 11 is 1.63. The molecule has 0 aliphatic carbocycles. The number of hydrogen-bond donors (Lipinski definition) is 2.